The molecule has 1 aromatic heterocycles. The van der Waals surface area contributed by atoms with Crippen LogP contribution in [-0.2, 0) is 33.1 Å². The smallest absolute Gasteiger partial charge is 0.321 e. The highest BCUT2D eigenvalue weighted by molar-refractivity contribution is 7.89. The number of rotatable bonds is 7. The van der Waals surface area contributed by atoms with Crippen LogP contribution in [0.3, 0.4) is 0 Å². The fourth-order valence-corrected chi connectivity index (χ4v) is 4.59. The van der Waals surface area contributed by atoms with Crippen molar-refractivity contribution in [3.05, 3.63) is 46.2 Å². The van der Waals surface area contributed by atoms with Gasteiger partial charge < -0.3 is 4.74 Å². The lowest BCUT2D eigenvalue weighted by molar-refractivity contribution is -0.143. The highest BCUT2D eigenvalue weighted by Gasteiger charge is 2.33. The molecule has 0 radical (unpaired) electrons. The first kappa shape index (κ1) is 20.4. The van der Waals surface area contributed by atoms with E-state index in [2.05, 4.69) is 5.10 Å². The summed E-state index contributed by atoms with van der Waals surface area (Å²) in [5.74, 6) is -0.624. The third-order valence-electron chi connectivity index (χ3n) is 3.79. The molecule has 0 aliphatic carbocycles. The molecular weight excluding hydrogens is 378 g/mol. The van der Waals surface area contributed by atoms with Crippen LogP contribution in [0.5, 0.6) is 0 Å². The Morgan fingerprint density at radius 3 is 2.38 bits per heavy atom. The third kappa shape index (κ3) is 4.44. The average molecular weight is 400 g/mol. The summed E-state index contributed by atoms with van der Waals surface area (Å²) < 4.78 is 33.6. The number of nitrogens with zero attached hydrogens (tertiary/aromatic N) is 3. The molecular formula is C17H22ClN3O4S. The highest BCUT2D eigenvalue weighted by Crippen LogP contribution is 2.28. The monoisotopic (exact) mass is 399 g/mol. The summed E-state index contributed by atoms with van der Waals surface area (Å²) >= 11 is 6.14. The Kier molecular flexibility index (Phi) is 6.44. The van der Waals surface area contributed by atoms with E-state index in [4.69, 9.17) is 16.3 Å². The number of esters is 1. The van der Waals surface area contributed by atoms with Crippen LogP contribution in [-0.4, -0.2) is 41.6 Å². The van der Waals surface area contributed by atoms with Gasteiger partial charge in [0.1, 0.15) is 16.6 Å². The number of benzene rings is 1. The summed E-state index contributed by atoms with van der Waals surface area (Å²) in [7, 11) is -2.49. The molecule has 0 saturated heterocycles. The largest absolute Gasteiger partial charge is 0.465 e. The molecule has 2 aromatic rings. The molecule has 0 amide bonds. The Morgan fingerprint density at radius 2 is 1.88 bits per heavy atom. The standard InChI is InChI=1S/C17H22ClN3O4S/c1-5-25-15(22)11-21(10-14-8-6-12(2)7-9-14)26(23,24)16-13(3)19-20(4)17(16)18/h6-9H,5,10-11H2,1-4H3. The molecule has 1 aromatic carbocycles. The van der Waals surface area contributed by atoms with E-state index in [9.17, 15) is 13.2 Å². The number of carbonyl (C=O) groups excluding carboxylic acids is 1. The summed E-state index contributed by atoms with van der Waals surface area (Å²) in [6, 6.07) is 7.40. The lowest BCUT2D eigenvalue weighted by Gasteiger charge is -2.21. The molecule has 0 aliphatic rings. The number of carbonyl (C=O) groups is 1. The van der Waals surface area contributed by atoms with E-state index in [1.165, 1.54) is 4.68 Å². The maximum Gasteiger partial charge on any atom is 0.321 e. The number of hydrogen-bond donors (Lipinski definition) is 0. The van der Waals surface area contributed by atoms with Crippen LogP contribution in [0.1, 0.15) is 23.7 Å². The number of halogens is 1. The van der Waals surface area contributed by atoms with E-state index < -0.39 is 22.5 Å². The summed E-state index contributed by atoms with van der Waals surface area (Å²) in [6.45, 7) is 4.95. The molecule has 9 heteroatoms. The third-order valence-corrected chi connectivity index (χ3v) is 6.28. The zero-order chi connectivity index (χ0) is 19.5. The summed E-state index contributed by atoms with van der Waals surface area (Å²) in [5, 5.41) is 4.06. The van der Waals surface area contributed by atoms with Gasteiger partial charge in [-0.25, -0.2) is 8.42 Å². The molecule has 142 valence electrons. The normalized spacial score (nSPS) is 11.8. The quantitative estimate of drug-likeness (QED) is 0.668. The first-order valence-electron chi connectivity index (χ1n) is 8.07. The molecule has 0 saturated carbocycles. The Bertz CT molecular complexity index is 891. The summed E-state index contributed by atoms with van der Waals surface area (Å²) in [4.78, 5) is 11.9. The second-order valence-corrected chi connectivity index (χ2v) is 8.13. The van der Waals surface area contributed by atoms with Crippen LogP contribution >= 0.6 is 11.6 Å². The zero-order valence-corrected chi connectivity index (χ0v) is 16.8. The zero-order valence-electron chi connectivity index (χ0n) is 15.2. The Hall–Kier alpha value is -1.90. The minimum absolute atomic E-state index is 0.000245. The predicted molar refractivity (Wildman–Crippen MR) is 98.4 cm³/mol. The van der Waals surface area contributed by atoms with Gasteiger partial charge in [0.15, 0.2) is 0 Å². The van der Waals surface area contributed by atoms with Gasteiger partial charge in [-0.2, -0.15) is 9.40 Å². The molecule has 26 heavy (non-hydrogen) atoms. The Balaban J connectivity index is 2.44. The van der Waals surface area contributed by atoms with E-state index >= 15 is 0 Å². The van der Waals surface area contributed by atoms with E-state index in [0.29, 0.717) is 0 Å². The van der Waals surface area contributed by atoms with Crippen LogP contribution in [0.25, 0.3) is 0 Å². The Labute approximate surface area is 158 Å². The maximum absolute atomic E-state index is 13.2. The minimum Gasteiger partial charge on any atom is -0.465 e. The van der Waals surface area contributed by atoms with Crippen molar-refractivity contribution in [1.29, 1.82) is 0 Å². The van der Waals surface area contributed by atoms with Crippen molar-refractivity contribution in [3.63, 3.8) is 0 Å². The highest BCUT2D eigenvalue weighted by atomic mass is 35.5. The predicted octanol–water partition coefficient (Wildman–Crippen LogP) is 2.44. The van der Waals surface area contributed by atoms with Crippen LogP contribution in [0.2, 0.25) is 5.15 Å². The molecule has 0 aliphatic heterocycles. The van der Waals surface area contributed by atoms with Gasteiger partial charge in [0.05, 0.1) is 12.3 Å². The number of aryl methyl sites for hydroxylation is 3. The fourth-order valence-electron chi connectivity index (χ4n) is 2.51. The van der Waals surface area contributed by atoms with Crippen LogP contribution < -0.4 is 0 Å². The molecule has 0 spiro atoms. The average Bonchev–Trinajstić information content (AvgIpc) is 2.82. The lowest BCUT2D eigenvalue weighted by atomic mass is 10.1. The minimum atomic E-state index is -4.05. The van der Waals surface area contributed by atoms with Crippen LogP contribution in [0.15, 0.2) is 29.2 Å². The number of ether oxygens (including phenoxy) is 1. The van der Waals surface area contributed by atoms with Crippen molar-refractivity contribution in [2.75, 3.05) is 13.2 Å². The number of sulfonamides is 1. The van der Waals surface area contributed by atoms with Crippen molar-refractivity contribution < 1.29 is 17.9 Å². The van der Waals surface area contributed by atoms with Gasteiger partial charge in [-0.1, -0.05) is 41.4 Å². The molecule has 0 unspecified atom stereocenters. The van der Waals surface area contributed by atoms with E-state index in [1.54, 1.807) is 20.9 Å². The van der Waals surface area contributed by atoms with E-state index in [1.807, 2.05) is 31.2 Å². The van der Waals surface area contributed by atoms with Crippen molar-refractivity contribution in [2.24, 2.45) is 7.05 Å². The first-order chi connectivity index (χ1) is 12.2. The lowest BCUT2D eigenvalue weighted by Crippen LogP contribution is -2.36. The molecule has 0 bridgehead atoms. The molecule has 1 heterocycles. The SMILES string of the molecule is CCOC(=O)CN(Cc1ccc(C)cc1)S(=O)(=O)c1c(C)nn(C)c1Cl. The van der Waals surface area contributed by atoms with Crippen molar-refractivity contribution in [2.45, 2.75) is 32.2 Å². The van der Waals surface area contributed by atoms with Crippen molar-refractivity contribution >= 4 is 27.6 Å². The van der Waals surface area contributed by atoms with Gasteiger partial charge in [0.2, 0.25) is 10.0 Å². The van der Waals surface area contributed by atoms with Crippen LogP contribution in [0, 0.1) is 13.8 Å². The second-order valence-electron chi connectivity index (χ2n) is 5.89. The molecule has 0 N–H and O–H groups in total. The molecule has 2 rings (SSSR count). The molecule has 0 atom stereocenters. The van der Waals surface area contributed by atoms with Gasteiger partial charge >= 0.3 is 5.97 Å². The van der Waals surface area contributed by atoms with Crippen LogP contribution in [0.4, 0.5) is 0 Å². The molecule has 7 nitrogen and oxygen atoms in total. The van der Waals surface area contributed by atoms with Gasteiger partial charge in [-0.3, -0.25) is 9.48 Å². The molecule has 0 fully saturated rings. The van der Waals surface area contributed by atoms with Crippen molar-refractivity contribution in [1.82, 2.24) is 14.1 Å². The van der Waals surface area contributed by atoms with E-state index in [-0.39, 0.29) is 28.9 Å². The number of hydrogen-bond acceptors (Lipinski definition) is 5. The Morgan fingerprint density at radius 1 is 1.27 bits per heavy atom. The van der Waals surface area contributed by atoms with Gasteiger partial charge in [-0.15, -0.1) is 0 Å². The number of aromatic nitrogens is 2. The maximum atomic E-state index is 13.2. The van der Waals surface area contributed by atoms with Gasteiger partial charge in [0.25, 0.3) is 0 Å². The first-order valence-corrected chi connectivity index (χ1v) is 9.89. The summed E-state index contributed by atoms with van der Waals surface area (Å²) in [5.41, 5.74) is 2.08. The van der Waals surface area contributed by atoms with Gasteiger partial charge in [-0.05, 0) is 26.3 Å². The summed E-state index contributed by atoms with van der Waals surface area (Å²) in [6.07, 6.45) is 0. The van der Waals surface area contributed by atoms with E-state index in [0.717, 1.165) is 15.4 Å². The van der Waals surface area contributed by atoms with Gasteiger partial charge in [0, 0.05) is 13.6 Å². The topological polar surface area (TPSA) is 81.5 Å². The van der Waals surface area contributed by atoms with Crippen molar-refractivity contribution in [3.8, 4) is 0 Å². The second kappa shape index (κ2) is 8.20. The fraction of sp³-hybridized carbons (Fsp3) is 0.412.